The van der Waals surface area contributed by atoms with E-state index in [1.165, 1.54) is 11.1 Å². The van der Waals surface area contributed by atoms with Gasteiger partial charge in [0.1, 0.15) is 17.6 Å². The maximum absolute atomic E-state index is 5.81. The van der Waals surface area contributed by atoms with Gasteiger partial charge in [0.05, 0.1) is 7.11 Å². The van der Waals surface area contributed by atoms with Gasteiger partial charge in [-0.05, 0) is 40.0 Å². The van der Waals surface area contributed by atoms with Crippen molar-refractivity contribution in [2.75, 3.05) is 14.2 Å². The van der Waals surface area contributed by atoms with Crippen LogP contribution in [-0.4, -0.2) is 26.3 Å². The number of fused-ring (bicyclic) bond motifs is 1. The van der Waals surface area contributed by atoms with E-state index in [1.54, 1.807) is 7.11 Å². The van der Waals surface area contributed by atoms with Crippen molar-refractivity contribution in [3.63, 3.8) is 0 Å². The Labute approximate surface area is 115 Å². The van der Waals surface area contributed by atoms with Gasteiger partial charge in [-0.1, -0.05) is 11.6 Å². The van der Waals surface area contributed by atoms with Crippen molar-refractivity contribution in [1.29, 1.82) is 0 Å². The molecular weight excluding hydrogens is 238 g/mol. The van der Waals surface area contributed by atoms with Gasteiger partial charge in [-0.2, -0.15) is 0 Å². The van der Waals surface area contributed by atoms with Crippen LogP contribution in [0, 0.1) is 0 Å². The zero-order valence-electron chi connectivity index (χ0n) is 12.4. The third-order valence-electron chi connectivity index (χ3n) is 3.75. The summed E-state index contributed by atoms with van der Waals surface area (Å²) >= 11 is 0. The van der Waals surface area contributed by atoms with Crippen LogP contribution in [0.2, 0.25) is 0 Å². The highest BCUT2D eigenvalue weighted by atomic mass is 16.5. The topological polar surface area (TPSA) is 30.5 Å². The lowest BCUT2D eigenvalue weighted by atomic mass is 10.0. The first-order valence-electron chi connectivity index (χ1n) is 6.78. The number of benzene rings is 1. The van der Waals surface area contributed by atoms with Crippen LogP contribution >= 0.6 is 0 Å². The first kappa shape index (κ1) is 13.9. The molecule has 0 saturated carbocycles. The second kappa shape index (κ2) is 5.66. The van der Waals surface area contributed by atoms with E-state index < -0.39 is 0 Å². The number of hydrogen-bond acceptors (Lipinski definition) is 3. The lowest BCUT2D eigenvalue weighted by Gasteiger charge is -2.13. The molecule has 2 unspecified atom stereocenters. The van der Waals surface area contributed by atoms with Gasteiger partial charge >= 0.3 is 0 Å². The van der Waals surface area contributed by atoms with E-state index >= 15 is 0 Å². The van der Waals surface area contributed by atoms with Crippen LogP contribution in [0.3, 0.4) is 0 Å². The van der Waals surface area contributed by atoms with E-state index in [4.69, 9.17) is 9.47 Å². The molecule has 1 aliphatic rings. The summed E-state index contributed by atoms with van der Waals surface area (Å²) in [7, 11) is 3.68. The van der Waals surface area contributed by atoms with Crippen molar-refractivity contribution in [2.24, 2.45) is 0 Å². The van der Waals surface area contributed by atoms with Crippen LogP contribution in [0.1, 0.15) is 31.9 Å². The minimum atomic E-state index is 0.260. The van der Waals surface area contributed by atoms with Gasteiger partial charge in [0, 0.05) is 23.6 Å². The summed E-state index contributed by atoms with van der Waals surface area (Å²) in [6.45, 7) is 6.36. The summed E-state index contributed by atoms with van der Waals surface area (Å²) in [6, 6.07) is 4.53. The van der Waals surface area contributed by atoms with Gasteiger partial charge in [-0.25, -0.2) is 0 Å². The van der Waals surface area contributed by atoms with Crippen LogP contribution in [0.5, 0.6) is 11.5 Å². The fraction of sp³-hybridized carbons (Fsp3) is 0.500. The summed E-state index contributed by atoms with van der Waals surface area (Å²) in [5, 5.41) is 3.24. The second-order valence-electron chi connectivity index (χ2n) is 5.23. The molecule has 19 heavy (non-hydrogen) atoms. The van der Waals surface area contributed by atoms with Crippen LogP contribution in [0.4, 0.5) is 0 Å². The van der Waals surface area contributed by atoms with E-state index in [2.05, 4.69) is 44.3 Å². The normalized spacial score (nSPS) is 19.8. The van der Waals surface area contributed by atoms with Gasteiger partial charge in [0.2, 0.25) is 0 Å². The largest absolute Gasteiger partial charge is 0.496 e. The Morgan fingerprint density at radius 3 is 2.89 bits per heavy atom. The number of likely N-dealkylation sites (N-methyl/N-ethyl adjacent to an activating group) is 1. The molecule has 1 aliphatic heterocycles. The molecule has 104 valence electrons. The maximum atomic E-state index is 5.81. The molecule has 0 amide bonds. The average molecular weight is 261 g/mol. The molecule has 0 aliphatic carbocycles. The molecule has 3 heteroatoms. The highest BCUT2D eigenvalue weighted by molar-refractivity contribution is 5.64. The van der Waals surface area contributed by atoms with Gasteiger partial charge < -0.3 is 14.8 Å². The fourth-order valence-corrected chi connectivity index (χ4v) is 2.34. The smallest absolute Gasteiger partial charge is 0.126 e. The monoisotopic (exact) mass is 261 g/mol. The van der Waals surface area contributed by atoms with E-state index in [0.717, 1.165) is 23.5 Å². The van der Waals surface area contributed by atoms with Gasteiger partial charge in [0.25, 0.3) is 0 Å². The predicted octanol–water partition coefficient (Wildman–Crippen LogP) is 3.03. The number of rotatable bonds is 4. The van der Waals surface area contributed by atoms with Crippen LogP contribution in [0.25, 0.3) is 6.08 Å². The van der Waals surface area contributed by atoms with Crippen molar-refractivity contribution >= 4 is 6.08 Å². The van der Waals surface area contributed by atoms with Crippen molar-refractivity contribution in [1.82, 2.24) is 5.32 Å². The average Bonchev–Trinajstić information content (AvgIpc) is 2.75. The van der Waals surface area contributed by atoms with Crippen molar-refractivity contribution in [3.8, 4) is 11.5 Å². The molecule has 0 spiro atoms. The maximum Gasteiger partial charge on any atom is 0.126 e. The highest BCUT2D eigenvalue weighted by Crippen LogP contribution is 2.36. The zero-order chi connectivity index (χ0) is 14.0. The quantitative estimate of drug-likeness (QED) is 0.903. The molecule has 0 bridgehead atoms. The van der Waals surface area contributed by atoms with Gasteiger partial charge in [-0.3, -0.25) is 0 Å². The Balaban J connectivity index is 2.38. The van der Waals surface area contributed by atoms with Crippen LogP contribution in [0.15, 0.2) is 17.7 Å². The molecule has 0 radical (unpaired) electrons. The third kappa shape index (κ3) is 2.92. The molecule has 1 aromatic rings. The molecule has 1 aromatic carbocycles. The summed E-state index contributed by atoms with van der Waals surface area (Å²) in [5.41, 5.74) is 3.59. The molecule has 0 fully saturated rings. The summed E-state index contributed by atoms with van der Waals surface area (Å²) < 4.78 is 11.3. The molecule has 0 aromatic heterocycles. The fourth-order valence-electron chi connectivity index (χ4n) is 2.34. The lowest BCUT2D eigenvalue weighted by Crippen LogP contribution is -2.21. The Hall–Kier alpha value is -1.48. The van der Waals surface area contributed by atoms with Gasteiger partial charge in [-0.15, -0.1) is 0 Å². The summed E-state index contributed by atoms with van der Waals surface area (Å²) in [5.74, 6) is 1.91. The number of ether oxygens (including phenoxy) is 2. The van der Waals surface area contributed by atoms with Crippen molar-refractivity contribution < 1.29 is 9.47 Å². The lowest BCUT2D eigenvalue weighted by molar-refractivity contribution is 0.254. The molecular formula is C16H23NO2. The number of nitrogens with one attached hydrogen (secondary N) is 1. The summed E-state index contributed by atoms with van der Waals surface area (Å²) in [4.78, 5) is 0. The van der Waals surface area contributed by atoms with Crippen LogP contribution < -0.4 is 14.8 Å². The molecule has 2 rings (SSSR count). The van der Waals surface area contributed by atoms with Crippen molar-refractivity contribution in [3.05, 3.63) is 28.8 Å². The number of hydrogen-bond donors (Lipinski definition) is 1. The minimum Gasteiger partial charge on any atom is -0.496 e. The van der Waals surface area contributed by atoms with E-state index in [9.17, 15) is 0 Å². The van der Waals surface area contributed by atoms with E-state index in [1.807, 2.05) is 7.05 Å². The molecule has 1 N–H and O–H groups in total. The zero-order valence-corrected chi connectivity index (χ0v) is 12.4. The molecule has 0 saturated heterocycles. The third-order valence-corrected chi connectivity index (χ3v) is 3.75. The molecule has 1 heterocycles. The number of methoxy groups -OCH3 is 1. The second-order valence-corrected chi connectivity index (χ2v) is 5.23. The SMILES string of the molecule is CNC(C)/C(C)=C/c1cc2c(cc1OC)CC(C)O2. The first-order valence-corrected chi connectivity index (χ1v) is 6.78. The minimum absolute atomic E-state index is 0.260. The molecule has 3 nitrogen and oxygen atoms in total. The molecule has 2 atom stereocenters. The standard InChI is InChI=1S/C16H23NO2/c1-10(12(3)17-4)6-13-9-16-14(7-11(2)19-16)8-15(13)18-5/h6,8-9,11-12,17H,7H2,1-5H3/b10-6+. The Kier molecular flexibility index (Phi) is 4.15. The Morgan fingerprint density at radius 2 is 2.26 bits per heavy atom. The Bertz CT molecular complexity index is 494. The Morgan fingerprint density at radius 1 is 1.53 bits per heavy atom. The van der Waals surface area contributed by atoms with E-state index in [-0.39, 0.29) is 6.10 Å². The van der Waals surface area contributed by atoms with Gasteiger partial charge in [0.15, 0.2) is 0 Å². The van der Waals surface area contributed by atoms with Crippen molar-refractivity contribution in [2.45, 2.75) is 39.3 Å². The highest BCUT2D eigenvalue weighted by Gasteiger charge is 2.21. The van der Waals surface area contributed by atoms with Crippen LogP contribution in [-0.2, 0) is 6.42 Å². The first-order chi connectivity index (χ1) is 9.05. The summed E-state index contributed by atoms with van der Waals surface area (Å²) in [6.07, 6.45) is 3.38. The van der Waals surface area contributed by atoms with E-state index in [0.29, 0.717) is 6.04 Å². The predicted molar refractivity (Wildman–Crippen MR) is 79.0 cm³/mol.